The summed E-state index contributed by atoms with van der Waals surface area (Å²) in [6.07, 6.45) is 7.03. The van der Waals surface area contributed by atoms with Crippen LogP contribution in [0, 0.1) is 46.3 Å². The number of Topliss-reactive ketones (excluding diaryl/α,β-unsaturated/α-hetero) is 1. The van der Waals surface area contributed by atoms with Gasteiger partial charge < -0.3 is 28.4 Å². The Morgan fingerprint density at radius 3 is 2.12 bits per heavy atom. The van der Waals surface area contributed by atoms with Crippen molar-refractivity contribution in [3.63, 3.8) is 0 Å². The molecule has 5 atom stereocenters. The second kappa shape index (κ2) is 16.1. The van der Waals surface area contributed by atoms with Crippen molar-refractivity contribution < 1.29 is 52.4 Å². The number of hydrogen-bond acceptors (Lipinski definition) is 11. The maximum absolute atomic E-state index is 14.4. The number of ketones is 1. The highest BCUT2D eigenvalue weighted by molar-refractivity contribution is 6.03. The molecule has 5 unspecified atom stereocenters. The monoisotopic (exact) mass is 732 g/mol. The van der Waals surface area contributed by atoms with Crippen LogP contribution in [0.25, 0.3) is 0 Å². The number of carbonyl (C=O) groups excluding carboxylic acids is 5. The van der Waals surface area contributed by atoms with Crippen molar-refractivity contribution in [1.82, 2.24) is 0 Å². The van der Waals surface area contributed by atoms with Crippen LogP contribution in [0.5, 0.6) is 0 Å². The quantitative estimate of drug-likeness (QED) is 0.0876. The molecule has 4 aliphatic carbocycles. The summed E-state index contributed by atoms with van der Waals surface area (Å²) in [4.78, 5) is 68.2. The molecule has 0 aromatic carbocycles. The molecule has 52 heavy (non-hydrogen) atoms. The van der Waals surface area contributed by atoms with Crippen molar-refractivity contribution in [2.24, 2.45) is 46.3 Å². The van der Waals surface area contributed by atoms with Gasteiger partial charge >= 0.3 is 23.9 Å². The van der Waals surface area contributed by atoms with E-state index in [4.69, 9.17) is 28.4 Å². The Morgan fingerprint density at radius 1 is 0.923 bits per heavy atom. The average Bonchev–Trinajstić information content (AvgIpc) is 3.72. The van der Waals surface area contributed by atoms with E-state index in [0.29, 0.717) is 24.9 Å². The van der Waals surface area contributed by atoms with Gasteiger partial charge in [-0.15, -0.1) is 0 Å². The van der Waals surface area contributed by atoms with Gasteiger partial charge in [-0.3, -0.25) is 24.0 Å². The third-order valence-electron chi connectivity index (χ3n) is 12.6. The van der Waals surface area contributed by atoms with Gasteiger partial charge in [0.1, 0.15) is 23.2 Å². The second-order valence-corrected chi connectivity index (χ2v) is 18.6. The first-order chi connectivity index (χ1) is 24.3. The first-order valence-electron chi connectivity index (χ1n) is 19.9. The molecule has 4 bridgehead atoms. The molecule has 6 fully saturated rings. The minimum absolute atomic E-state index is 0.0547. The molecule has 0 radical (unpaired) electrons. The van der Waals surface area contributed by atoms with Gasteiger partial charge in [-0.25, -0.2) is 0 Å². The van der Waals surface area contributed by atoms with Gasteiger partial charge in [-0.2, -0.15) is 0 Å². The third-order valence-corrected chi connectivity index (χ3v) is 12.6. The van der Waals surface area contributed by atoms with Gasteiger partial charge in [0.25, 0.3) is 0 Å². The lowest BCUT2D eigenvalue weighted by Gasteiger charge is -2.59. The van der Waals surface area contributed by atoms with Crippen LogP contribution in [0.15, 0.2) is 0 Å². The normalized spacial score (nSPS) is 32.1. The molecule has 6 rings (SSSR count). The van der Waals surface area contributed by atoms with E-state index in [2.05, 4.69) is 6.92 Å². The molecular formula is C41H64O11. The molecule has 2 aliphatic heterocycles. The van der Waals surface area contributed by atoms with Gasteiger partial charge in [0, 0.05) is 31.3 Å². The molecule has 0 aromatic heterocycles. The Morgan fingerprint density at radius 2 is 1.58 bits per heavy atom. The molecule has 0 N–H and O–H groups in total. The van der Waals surface area contributed by atoms with Gasteiger partial charge in [0.15, 0.2) is 12.1 Å². The molecule has 294 valence electrons. The van der Waals surface area contributed by atoms with Gasteiger partial charge in [-0.05, 0) is 123 Å². The second-order valence-electron chi connectivity index (χ2n) is 18.6. The summed E-state index contributed by atoms with van der Waals surface area (Å²) in [5, 5.41) is 0. The van der Waals surface area contributed by atoms with Crippen LogP contribution >= 0.6 is 0 Å². The summed E-state index contributed by atoms with van der Waals surface area (Å²) in [5.74, 6) is -1.91. The molecule has 0 aromatic rings. The van der Waals surface area contributed by atoms with E-state index in [1.807, 2.05) is 6.92 Å². The largest absolute Gasteiger partial charge is 0.465 e. The Hall–Kier alpha value is -2.53. The van der Waals surface area contributed by atoms with Gasteiger partial charge in [-0.1, -0.05) is 13.8 Å². The summed E-state index contributed by atoms with van der Waals surface area (Å²) in [5.41, 5.74) is -3.60. The van der Waals surface area contributed by atoms with Crippen molar-refractivity contribution in [1.29, 1.82) is 0 Å². The van der Waals surface area contributed by atoms with Crippen molar-refractivity contribution in [3.05, 3.63) is 0 Å². The van der Waals surface area contributed by atoms with Crippen LogP contribution in [0.4, 0.5) is 0 Å². The number of cyclic esters (lactones) is 1. The standard InChI is InChI=1S/C41H64O11/c1-9-27(35(44)50-30(22-32(42)51-38(2,3)4)12-15-48-33-11-10-14-47-33)23-40(7,34(43)31-13-16-49-36(31)45)24-39(5,6)37(46)52-41(8)28-18-25-17-26(20-28)21-29(41)19-25/h25-31,33H,9-24H2,1-8H3. The average molecular weight is 733 g/mol. The highest BCUT2D eigenvalue weighted by Gasteiger charge is 2.58. The molecule has 11 nitrogen and oxygen atoms in total. The fourth-order valence-electron chi connectivity index (χ4n) is 10.1. The maximum atomic E-state index is 14.4. The van der Waals surface area contributed by atoms with Crippen LogP contribution in [0.2, 0.25) is 0 Å². The van der Waals surface area contributed by atoms with Crippen LogP contribution in [-0.2, 0) is 52.4 Å². The van der Waals surface area contributed by atoms with E-state index < -0.39 is 57.9 Å². The Balaban J connectivity index is 1.31. The molecular weight excluding hydrogens is 668 g/mol. The van der Waals surface area contributed by atoms with Crippen LogP contribution in [0.1, 0.15) is 139 Å². The zero-order valence-corrected chi connectivity index (χ0v) is 32.9. The van der Waals surface area contributed by atoms with Crippen LogP contribution in [-0.4, -0.2) is 73.1 Å². The Labute approximate surface area is 310 Å². The molecule has 2 saturated heterocycles. The molecule has 0 amide bonds. The van der Waals surface area contributed by atoms with E-state index in [0.717, 1.165) is 50.4 Å². The maximum Gasteiger partial charge on any atom is 0.316 e. The Bertz CT molecular complexity index is 1300. The number of hydrogen-bond donors (Lipinski definition) is 0. The molecule has 6 aliphatic rings. The lowest BCUT2D eigenvalue weighted by Crippen LogP contribution is -2.59. The predicted molar refractivity (Wildman–Crippen MR) is 190 cm³/mol. The SMILES string of the molecule is CCC(CC(C)(CC(C)(C)C(=O)OC1(C)C2CC3CC(C2)CC1C3)C(=O)C1CCOC1=O)C(=O)OC(CCOC1CCCO1)CC(=O)OC(C)(C)C. The van der Waals surface area contributed by atoms with Crippen LogP contribution in [0.3, 0.4) is 0 Å². The van der Waals surface area contributed by atoms with Gasteiger partial charge in [0.05, 0.1) is 31.0 Å². The summed E-state index contributed by atoms with van der Waals surface area (Å²) < 4.78 is 34.7. The Kier molecular flexibility index (Phi) is 12.6. The van der Waals surface area contributed by atoms with Crippen molar-refractivity contribution in [2.75, 3.05) is 19.8 Å². The van der Waals surface area contributed by atoms with E-state index in [-0.39, 0.29) is 63.4 Å². The minimum Gasteiger partial charge on any atom is -0.465 e. The first-order valence-corrected chi connectivity index (χ1v) is 19.9. The number of ether oxygens (including phenoxy) is 6. The third kappa shape index (κ3) is 9.57. The van der Waals surface area contributed by atoms with Crippen molar-refractivity contribution >= 4 is 29.7 Å². The molecule has 4 saturated carbocycles. The molecule has 11 heteroatoms. The zero-order chi connectivity index (χ0) is 38.1. The first kappa shape index (κ1) is 40.7. The van der Waals surface area contributed by atoms with Crippen LogP contribution < -0.4 is 0 Å². The van der Waals surface area contributed by atoms with E-state index in [1.54, 1.807) is 41.5 Å². The van der Waals surface area contributed by atoms with Crippen molar-refractivity contribution in [3.8, 4) is 0 Å². The molecule has 0 spiro atoms. The minimum atomic E-state index is -1.26. The highest BCUT2D eigenvalue weighted by Crippen LogP contribution is 2.60. The number of carbonyl (C=O) groups is 5. The van der Waals surface area contributed by atoms with Crippen molar-refractivity contribution in [2.45, 2.75) is 162 Å². The van der Waals surface area contributed by atoms with E-state index in [1.165, 1.54) is 6.42 Å². The summed E-state index contributed by atoms with van der Waals surface area (Å²) in [6.45, 7) is 15.6. The van der Waals surface area contributed by atoms with Gasteiger partial charge in [0.2, 0.25) is 0 Å². The fourth-order valence-corrected chi connectivity index (χ4v) is 10.1. The topological polar surface area (TPSA) is 141 Å². The van der Waals surface area contributed by atoms with E-state index >= 15 is 0 Å². The fraction of sp³-hybridized carbons (Fsp3) is 0.878. The van der Waals surface area contributed by atoms with E-state index in [9.17, 15) is 24.0 Å². The lowest BCUT2D eigenvalue weighted by atomic mass is 9.50. The highest BCUT2D eigenvalue weighted by atomic mass is 16.7. The smallest absolute Gasteiger partial charge is 0.316 e. The summed E-state index contributed by atoms with van der Waals surface area (Å²) in [6, 6.07) is 0. The summed E-state index contributed by atoms with van der Waals surface area (Å²) in [7, 11) is 0. The molecule has 2 heterocycles. The number of esters is 4. The number of rotatable bonds is 17. The predicted octanol–water partition coefficient (Wildman–Crippen LogP) is 6.90. The summed E-state index contributed by atoms with van der Waals surface area (Å²) >= 11 is 0. The zero-order valence-electron chi connectivity index (χ0n) is 32.9. The lowest BCUT2D eigenvalue weighted by molar-refractivity contribution is -0.212.